The van der Waals surface area contributed by atoms with E-state index in [0.29, 0.717) is 6.04 Å². The molecule has 2 fully saturated rings. The molecule has 1 aliphatic heterocycles. The number of carbonyl (C=O) groups excluding carboxylic acids is 1. The second-order valence-electron chi connectivity index (χ2n) is 8.12. The largest absolute Gasteiger partial charge is 0.311 e. The van der Waals surface area contributed by atoms with Gasteiger partial charge in [-0.3, -0.25) is 9.69 Å². The van der Waals surface area contributed by atoms with Gasteiger partial charge in [0.05, 0.1) is 24.5 Å². The zero-order valence-corrected chi connectivity index (χ0v) is 16.5. The molecule has 3 aliphatic rings. The maximum Gasteiger partial charge on any atom is 0.228 e. The minimum absolute atomic E-state index is 0.155. The number of nitrogens with one attached hydrogen (secondary N) is 1. The van der Waals surface area contributed by atoms with Crippen molar-refractivity contribution in [3.05, 3.63) is 27.8 Å². The first-order valence-electron chi connectivity index (χ1n) is 10.3. The number of carbonyl (C=O) groups is 1. The Bertz CT molecular complexity index is 793. The molecule has 5 rings (SSSR count). The van der Waals surface area contributed by atoms with E-state index in [4.69, 9.17) is 4.98 Å². The first-order valence-corrected chi connectivity index (χ1v) is 11.1. The van der Waals surface area contributed by atoms with Crippen LogP contribution in [0.1, 0.15) is 60.1 Å². The third-order valence-electron chi connectivity index (χ3n) is 6.02. The van der Waals surface area contributed by atoms with E-state index in [0.717, 1.165) is 51.1 Å². The standard InChI is InChI=1S/C20H27N5OS/c26-20(14-5-6-14)23-18-7-10-21-25(18)15-8-11-24(12-9-15)13-19-22-16-3-1-2-4-17(16)27-19/h7,10,14-15H,1-6,8-9,11-13H2,(H,23,26). The zero-order chi connectivity index (χ0) is 18.2. The molecule has 2 aromatic heterocycles. The van der Waals surface area contributed by atoms with Crippen LogP contribution in [0.15, 0.2) is 12.3 Å². The highest BCUT2D eigenvalue weighted by atomic mass is 32.1. The van der Waals surface area contributed by atoms with Crippen LogP contribution in [0.25, 0.3) is 0 Å². The summed E-state index contributed by atoms with van der Waals surface area (Å²) in [7, 11) is 0. The van der Waals surface area contributed by atoms with Crippen molar-refractivity contribution in [3.8, 4) is 0 Å². The molecule has 2 aliphatic carbocycles. The number of anilines is 1. The molecule has 1 amide bonds. The smallest absolute Gasteiger partial charge is 0.228 e. The van der Waals surface area contributed by atoms with Crippen molar-refractivity contribution >= 4 is 23.1 Å². The van der Waals surface area contributed by atoms with Crippen LogP contribution in [-0.4, -0.2) is 38.7 Å². The van der Waals surface area contributed by atoms with Crippen molar-refractivity contribution < 1.29 is 4.79 Å². The first kappa shape index (κ1) is 17.4. The van der Waals surface area contributed by atoms with Gasteiger partial charge in [-0.1, -0.05) is 0 Å². The highest BCUT2D eigenvalue weighted by molar-refractivity contribution is 7.11. The number of hydrogen-bond donors (Lipinski definition) is 1. The second-order valence-corrected chi connectivity index (χ2v) is 9.28. The lowest BCUT2D eigenvalue weighted by molar-refractivity contribution is -0.117. The Morgan fingerprint density at radius 3 is 2.78 bits per heavy atom. The summed E-state index contributed by atoms with van der Waals surface area (Å²) in [6.45, 7) is 3.10. The van der Waals surface area contributed by atoms with Crippen molar-refractivity contribution in [3.63, 3.8) is 0 Å². The lowest BCUT2D eigenvalue weighted by Gasteiger charge is -2.32. The molecule has 0 unspecified atom stereocenters. The summed E-state index contributed by atoms with van der Waals surface area (Å²) < 4.78 is 2.03. The van der Waals surface area contributed by atoms with Gasteiger partial charge in [0.1, 0.15) is 10.8 Å². The number of nitrogens with zero attached hydrogens (tertiary/aromatic N) is 4. The molecule has 1 saturated heterocycles. The van der Waals surface area contributed by atoms with Gasteiger partial charge in [-0.15, -0.1) is 11.3 Å². The molecule has 2 aromatic rings. The van der Waals surface area contributed by atoms with Crippen molar-refractivity contribution in [2.75, 3.05) is 18.4 Å². The number of thiazole rings is 1. The highest BCUT2D eigenvalue weighted by Gasteiger charge is 2.31. The Labute approximate surface area is 164 Å². The summed E-state index contributed by atoms with van der Waals surface area (Å²) in [5, 5.41) is 8.86. The van der Waals surface area contributed by atoms with Crippen LogP contribution in [0.5, 0.6) is 0 Å². The van der Waals surface area contributed by atoms with Gasteiger partial charge in [-0.2, -0.15) is 5.10 Å². The molecule has 0 atom stereocenters. The number of rotatable bonds is 5. The number of fused-ring (bicyclic) bond motifs is 1. The Balaban J connectivity index is 1.18. The predicted molar refractivity (Wildman–Crippen MR) is 106 cm³/mol. The van der Waals surface area contributed by atoms with Crippen LogP contribution < -0.4 is 5.32 Å². The molecular formula is C20H27N5OS. The van der Waals surface area contributed by atoms with Crippen molar-refractivity contribution in [1.82, 2.24) is 19.7 Å². The maximum absolute atomic E-state index is 12.1. The van der Waals surface area contributed by atoms with Crippen LogP contribution in [0, 0.1) is 5.92 Å². The molecular weight excluding hydrogens is 358 g/mol. The molecule has 144 valence electrons. The highest BCUT2D eigenvalue weighted by Crippen LogP contribution is 2.32. The molecule has 6 nitrogen and oxygen atoms in total. The molecule has 0 bridgehead atoms. The topological polar surface area (TPSA) is 63.1 Å². The molecule has 27 heavy (non-hydrogen) atoms. The molecule has 0 radical (unpaired) electrons. The number of amides is 1. The van der Waals surface area contributed by atoms with Crippen LogP contribution in [-0.2, 0) is 24.2 Å². The quantitative estimate of drug-likeness (QED) is 0.857. The summed E-state index contributed by atoms with van der Waals surface area (Å²) in [6.07, 6.45) is 11.0. The molecule has 3 heterocycles. The maximum atomic E-state index is 12.1. The fourth-order valence-electron chi connectivity index (χ4n) is 4.26. The van der Waals surface area contributed by atoms with E-state index in [1.165, 1.54) is 41.3 Å². The minimum Gasteiger partial charge on any atom is -0.311 e. The normalized spacial score (nSPS) is 21.2. The van der Waals surface area contributed by atoms with Gasteiger partial charge in [-0.25, -0.2) is 9.67 Å². The van der Waals surface area contributed by atoms with E-state index in [-0.39, 0.29) is 11.8 Å². The zero-order valence-electron chi connectivity index (χ0n) is 15.7. The number of hydrogen-bond acceptors (Lipinski definition) is 5. The van der Waals surface area contributed by atoms with Gasteiger partial charge in [0.2, 0.25) is 5.91 Å². The number of aryl methyl sites for hydroxylation is 2. The van der Waals surface area contributed by atoms with Gasteiger partial charge in [0, 0.05) is 30.0 Å². The van der Waals surface area contributed by atoms with Gasteiger partial charge in [-0.05, 0) is 51.4 Å². The Morgan fingerprint density at radius 1 is 1.19 bits per heavy atom. The predicted octanol–water partition coefficient (Wildman–Crippen LogP) is 3.40. The average molecular weight is 386 g/mol. The Morgan fingerprint density at radius 2 is 2.00 bits per heavy atom. The van der Waals surface area contributed by atoms with E-state index in [1.54, 1.807) is 6.20 Å². The molecule has 7 heteroatoms. The van der Waals surface area contributed by atoms with Crippen molar-refractivity contribution in [2.24, 2.45) is 5.92 Å². The lowest BCUT2D eigenvalue weighted by Crippen LogP contribution is -2.35. The van der Waals surface area contributed by atoms with Gasteiger partial charge >= 0.3 is 0 Å². The van der Waals surface area contributed by atoms with Crippen LogP contribution >= 0.6 is 11.3 Å². The fraction of sp³-hybridized carbons (Fsp3) is 0.650. The van der Waals surface area contributed by atoms with Crippen molar-refractivity contribution in [2.45, 2.75) is 64.0 Å². The second kappa shape index (κ2) is 7.36. The third-order valence-corrected chi connectivity index (χ3v) is 7.16. The summed E-state index contributed by atoms with van der Waals surface area (Å²) in [5.74, 6) is 1.24. The molecule has 0 spiro atoms. The Kier molecular flexibility index (Phi) is 4.73. The fourth-order valence-corrected chi connectivity index (χ4v) is 5.46. The summed E-state index contributed by atoms with van der Waals surface area (Å²) >= 11 is 1.93. The van der Waals surface area contributed by atoms with E-state index in [1.807, 2.05) is 22.1 Å². The van der Waals surface area contributed by atoms with Crippen LogP contribution in [0.3, 0.4) is 0 Å². The van der Waals surface area contributed by atoms with Crippen LogP contribution in [0.4, 0.5) is 5.82 Å². The average Bonchev–Trinajstić information content (AvgIpc) is 3.31. The summed E-state index contributed by atoms with van der Waals surface area (Å²) in [4.78, 5) is 21.0. The van der Waals surface area contributed by atoms with Gasteiger partial charge in [0.15, 0.2) is 0 Å². The summed E-state index contributed by atoms with van der Waals surface area (Å²) in [5.41, 5.74) is 1.36. The molecule has 1 N–H and O–H groups in total. The lowest BCUT2D eigenvalue weighted by atomic mass is 10.0. The van der Waals surface area contributed by atoms with E-state index in [2.05, 4.69) is 15.3 Å². The van der Waals surface area contributed by atoms with Gasteiger partial charge < -0.3 is 5.32 Å². The van der Waals surface area contributed by atoms with E-state index < -0.39 is 0 Å². The van der Waals surface area contributed by atoms with E-state index in [9.17, 15) is 4.79 Å². The number of piperidine rings is 1. The number of aromatic nitrogens is 3. The van der Waals surface area contributed by atoms with Crippen molar-refractivity contribution in [1.29, 1.82) is 0 Å². The SMILES string of the molecule is O=C(Nc1ccnn1C1CCN(Cc2nc3c(s2)CCCC3)CC1)C1CC1. The Hall–Kier alpha value is -1.73. The first-order chi connectivity index (χ1) is 13.3. The van der Waals surface area contributed by atoms with E-state index >= 15 is 0 Å². The summed E-state index contributed by atoms with van der Waals surface area (Å²) in [6, 6.07) is 2.29. The monoisotopic (exact) mass is 385 g/mol. The van der Waals surface area contributed by atoms with Crippen LogP contribution in [0.2, 0.25) is 0 Å². The number of likely N-dealkylation sites (tertiary alicyclic amines) is 1. The third kappa shape index (κ3) is 3.80. The molecule has 0 aromatic carbocycles. The molecule has 1 saturated carbocycles. The van der Waals surface area contributed by atoms with Gasteiger partial charge in [0.25, 0.3) is 0 Å². The minimum atomic E-state index is 0.155.